The summed E-state index contributed by atoms with van der Waals surface area (Å²) in [5, 5.41) is 0. The van der Waals surface area contributed by atoms with Crippen LogP contribution >= 0.6 is 0 Å². The molecule has 3 unspecified atom stereocenters. The van der Waals surface area contributed by atoms with Crippen LogP contribution in [0.4, 0.5) is 26.3 Å². The summed E-state index contributed by atoms with van der Waals surface area (Å²) in [6.45, 7) is -1.80. The van der Waals surface area contributed by atoms with Crippen LogP contribution in [-0.2, 0) is 24.8 Å². The number of hydrogen-bond donors (Lipinski definition) is 0. The van der Waals surface area contributed by atoms with Gasteiger partial charge in [0.05, 0.1) is 0 Å². The maximum absolute atomic E-state index is 12.0. The predicted octanol–water partition coefficient (Wildman–Crippen LogP) is 2.00. The molecule has 0 amide bonds. The standard InChI is InChI=1S/C5H6F6.2O.Pd/c6-1-2(7)3(8)4(9)5(10)11;;;/h2-5H,1H2;;;. The molecule has 0 N–H and O–H groups in total. The molecule has 9 heteroatoms. The fourth-order valence-electron chi connectivity index (χ4n) is 0.424. The van der Waals surface area contributed by atoms with Crippen molar-refractivity contribution in [3.05, 3.63) is 0 Å². The Hall–Kier alpha value is -0.158. The second kappa shape index (κ2) is 9.40. The summed E-state index contributed by atoms with van der Waals surface area (Å²) >= 11 is -1.55. The van der Waals surface area contributed by atoms with Crippen LogP contribution in [0.5, 0.6) is 0 Å². The van der Waals surface area contributed by atoms with Gasteiger partial charge < -0.3 is 0 Å². The van der Waals surface area contributed by atoms with Crippen molar-refractivity contribution in [2.45, 2.75) is 24.9 Å². The minimum absolute atomic E-state index is 1.55. The van der Waals surface area contributed by atoms with Crippen molar-refractivity contribution in [3.8, 4) is 0 Å². The fraction of sp³-hybridized carbons (Fsp3) is 1.00. The van der Waals surface area contributed by atoms with Gasteiger partial charge in [0.15, 0.2) is 18.5 Å². The molecule has 0 spiro atoms. The van der Waals surface area contributed by atoms with Gasteiger partial charge in [-0.15, -0.1) is 0 Å². The Morgan fingerprint density at radius 1 is 0.929 bits per heavy atom. The van der Waals surface area contributed by atoms with Gasteiger partial charge in [0.2, 0.25) is 0 Å². The second-order valence-electron chi connectivity index (χ2n) is 1.95. The molecule has 0 radical (unpaired) electrons. The molecule has 0 heterocycles. The number of rotatable bonds is 4. The normalized spacial score (nSPS) is 17.1. The van der Waals surface area contributed by atoms with Crippen molar-refractivity contribution in [3.63, 3.8) is 0 Å². The minimum atomic E-state index is -3.62. The zero-order chi connectivity index (χ0) is 11.7. The third-order valence-corrected chi connectivity index (χ3v) is 1.04. The summed E-state index contributed by atoms with van der Waals surface area (Å²) in [5.74, 6) is 0. The summed E-state index contributed by atoms with van der Waals surface area (Å²) in [4.78, 5) is 0. The molecular formula is C5H6F6O2Pd. The van der Waals surface area contributed by atoms with Crippen molar-refractivity contribution in [2.75, 3.05) is 6.67 Å². The van der Waals surface area contributed by atoms with E-state index in [-0.39, 0.29) is 0 Å². The Bertz CT molecular complexity index is 174. The molecule has 0 aliphatic rings. The van der Waals surface area contributed by atoms with E-state index in [9.17, 15) is 26.3 Å². The molecule has 3 atom stereocenters. The third kappa shape index (κ3) is 7.27. The van der Waals surface area contributed by atoms with Crippen molar-refractivity contribution >= 4 is 0 Å². The van der Waals surface area contributed by atoms with E-state index in [0.717, 1.165) is 0 Å². The Morgan fingerprint density at radius 3 is 1.50 bits per heavy atom. The van der Waals surface area contributed by atoms with Gasteiger partial charge in [-0.3, -0.25) is 0 Å². The predicted molar refractivity (Wildman–Crippen MR) is 28.0 cm³/mol. The molecule has 90 valence electrons. The van der Waals surface area contributed by atoms with Crippen LogP contribution in [0, 0.1) is 0 Å². The quantitative estimate of drug-likeness (QED) is 0.587. The van der Waals surface area contributed by atoms with Gasteiger partial charge in [-0.1, -0.05) is 0 Å². The third-order valence-electron chi connectivity index (χ3n) is 1.04. The first-order chi connectivity index (χ1) is 6.42. The molecule has 14 heavy (non-hydrogen) atoms. The van der Waals surface area contributed by atoms with Crippen LogP contribution in [0.1, 0.15) is 0 Å². The monoisotopic (exact) mass is 318 g/mol. The number of alkyl halides is 6. The first-order valence-electron chi connectivity index (χ1n) is 3.02. The van der Waals surface area contributed by atoms with Gasteiger partial charge >= 0.3 is 24.8 Å². The zero-order valence-electron chi connectivity index (χ0n) is 6.42. The van der Waals surface area contributed by atoms with E-state index in [1.807, 2.05) is 0 Å². The van der Waals surface area contributed by atoms with Gasteiger partial charge in [0.25, 0.3) is 6.43 Å². The van der Waals surface area contributed by atoms with Gasteiger partial charge in [0.1, 0.15) is 6.67 Å². The molecule has 0 aromatic carbocycles. The molecule has 0 aliphatic carbocycles. The molecule has 0 aromatic rings. The zero-order valence-corrected chi connectivity index (χ0v) is 7.97. The summed E-state index contributed by atoms with van der Waals surface area (Å²) in [5.41, 5.74) is 0. The first kappa shape index (κ1) is 16.3. The van der Waals surface area contributed by atoms with Gasteiger partial charge in [-0.05, 0) is 0 Å². The molecular weight excluding hydrogens is 312 g/mol. The van der Waals surface area contributed by atoms with Crippen molar-refractivity contribution in [1.82, 2.24) is 0 Å². The summed E-state index contributed by atoms with van der Waals surface area (Å²) in [6.07, 6.45) is -12.8. The Morgan fingerprint density at radius 2 is 1.29 bits per heavy atom. The molecule has 0 saturated heterocycles. The maximum atomic E-state index is 12.0. The van der Waals surface area contributed by atoms with Crippen LogP contribution in [0.2, 0.25) is 0 Å². The Balaban J connectivity index is 0. The molecule has 0 saturated carbocycles. The average Bonchev–Trinajstić information content (AvgIpc) is 2.15. The molecule has 2 nitrogen and oxygen atoms in total. The SMILES string of the molecule is FCC(F)C(F)C(F)C(F)F.[O]=[Pd]=[O]. The van der Waals surface area contributed by atoms with Crippen LogP contribution in [0.3, 0.4) is 0 Å². The summed E-state index contributed by atoms with van der Waals surface area (Å²) in [6, 6.07) is 0. The van der Waals surface area contributed by atoms with E-state index in [4.69, 9.17) is 6.94 Å². The van der Waals surface area contributed by atoms with Gasteiger partial charge in [-0.25, -0.2) is 26.3 Å². The van der Waals surface area contributed by atoms with E-state index >= 15 is 0 Å². The molecule has 0 rings (SSSR count). The molecule has 0 aliphatic heterocycles. The van der Waals surface area contributed by atoms with Crippen molar-refractivity contribution < 1.29 is 51.2 Å². The Kier molecular flexibility index (Phi) is 10.9. The summed E-state index contributed by atoms with van der Waals surface area (Å²) in [7, 11) is 0. The molecule has 0 bridgehead atoms. The summed E-state index contributed by atoms with van der Waals surface area (Å²) < 4.78 is 86.2. The van der Waals surface area contributed by atoms with Crippen LogP contribution in [0.25, 0.3) is 0 Å². The van der Waals surface area contributed by atoms with E-state index in [0.29, 0.717) is 0 Å². The van der Waals surface area contributed by atoms with Gasteiger partial charge in [-0.2, -0.15) is 0 Å². The first-order valence-corrected chi connectivity index (χ1v) is 4.29. The van der Waals surface area contributed by atoms with E-state index in [1.54, 1.807) is 0 Å². The van der Waals surface area contributed by atoms with Crippen LogP contribution < -0.4 is 0 Å². The second-order valence-corrected chi connectivity index (χ2v) is 2.21. The topological polar surface area (TPSA) is 34.1 Å². The fourth-order valence-corrected chi connectivity index (χ4v) is 0.424. The molecule has 0 aromatic heterocycles. The molecule has 0 fully saturated rings. The van der Waals surface area contributed by atoms with Crippen LogP contribution in [0.15, 0.2) is 0 Å². The number of hydrogen-bond acceptors (Lipinski definition) is 2. The van der Waals surface area contributed by atoms with Crippen molar-refractivity contribution in [2.24, 2.45) is 0 Å². The Labute approximate surface area is 83.4 Å². The van der Waals surface area contributed by atoms with E-state index in [1.165, 1.54) is 0 Å². The average molecular weight is 319 g/mol. The van der Waals surface area contributed by atoms with E-state index in [2.05, 4.69) is 0 Å². The van der Waals surface area contributed by atoms with Crippen LogP contribution in [-0.4, -0.2) is 31.6 Å². The number of halogens is 6. The van der Waals surface area contributed by atoms with E-state index < -0.39 is 49.5 Å². The van der Waals surface area contributed by atoms with Crippen molar-refractivity contribution in [1.29, 1.82) is 0 Å². The van der Waals surface area contributed by atoms with Gasteiger partial charge in [0, 0.05) is 0 Å².